The second-order valence-electron chi connectivity index (χ2n) is 5.10. The first kappa shape index (κ1) is 15.1. The Morgan fingerprint density at radius 2 is 2.19 bits per heavy atom. The Morgan fingerprint density at radius 1 is 1.38 bits per heavy atom. The summed E-state index contributed by atoms with van der Waals surface area (Å²) in [6.07, 6.45) is 7.44. The van der Waals surface area contributed by atoms with Gasteiger partial charge in [-0.3, -0.25) is 9.48 Å². The van der Waals surface area contributed by atoms with Crippen molar-refractivity contribution in [1.29, 1.82) is 0 Å². The minimum Gasteiger partial charge on any atom is -0.396 e. The molecule has 0 aliphatic heterocycles. The van der Waals surface area contributed by atoms with Crippen molar-refractivity contribution in [1.82, 2.24) is 24.6 Å². The number of carbonyl (C=O) groups excluding carboxylic acids is 1. The summed E-state index contributed by atoms with van der Waals surface area (Å²) < 4.78 is 3.67. The number of unbranched alkanes of at least 4 members (excludes halogenated alkanes) is 1. The minimum atomic E-state index is -0.0387. The molecule has 0 aromatic carbocycles. The Labute approximate surface area is 124 Å². The number of rotatable bonds is 7. The van der Waals surface area contributed by atoms with Crippen LogP contribution in [0.15, 0.2) is 18.7 Å². The zero-order chi connectivity index (χ0) is 15.2. The number of carbonyl (C=O) groups is 1. The Bertz CT molecular complexity index is 587. The van der Waals surface area contributed by atoms with E-state index in [-0.39, 0.29) is 12.5 Å². The third-order valence-electron chi connectivity index (χ3n) is 3.46. The quantitative estimate of drug-likeness (QED) is 0.740. The van der Waals surface area contributed by atoms with Crippen LogP contribution in [0.25, 0.3) is 0 Å². The van der Waals surface area contributed by atoms with Gasteiger partial charge in [0, 0.05) is 25.5 Å². The Balaban J connectivity index is 1.66. The largest absolute Gasteiger partial charge is 0.396 e. The summed E-state index contributed by atoms with van der Waals surface area (Å²) in [6, 6.07) is 0. The Morgan fingerprint density at radius 3 is 2.81 bits per heavy atom. The SMILES string of the molecule is Cc1nn(CC(=O)NCCCCn2ccnc2)c(C)c1N. The normalized spacial score (nSPS) is 10.8. The van der Waals surface area contributed by atoms with Crippen LogP contribution in [0.3, 0.4) is 0 Å². The maximum atomic E-state index is 11.8. The molecule has 2 rings (SSSR count). The highest BCUT2D eigenvalue weighted by Gasteiger charge is 2.10. The number of hydrogen-bond donors (Lipinski definition) is 2. The molecule has 2 aromatic heterocycles. The molecule has 0 aliphatic carbocycles. The van der Waals surface area contributed by atoms with Crippen molar-refractivity contribution in [2.45, 2.75) is 39.8 Å². The van der Waals surface area contributed by atoms with Crippen LogP contribution in [-0.4, -0.2) is 31.8 Å². The van der Waals surface area contributed by atoms with Gasteiger partial charge in [-0.05, 0) is 26.7 Å². The second-order valence-corrected chi connectivity index (χ2v) is 5.10. The first-order valence-corrected chi connectivity index (χ1v) is 7.10. The van der Waals surface area contributed by atoms with Crippen LogP contribution in [0.1, 0.15) is 24.2 Å². The van der Waals surface area contributed by atoms with Crippen LogP contribution < -0.4 is 11.1 Å². The van der Waals surface area contributed by atoms with Crippen LogP contribution >= 0.6 is 0 Å². The summed E-state index contributed by atoms with van der Waals surface area (Å²) in [6.45, 7) is 5.51. The zero-order valence-electron chi connectivity index (χ0n) is 12.5. The van der Waals surface area contributed by atoms with Gasteiger partial charge in [0.05, 0.1) is 23.4 Å². The lowest BCUT2D eigenvalue weighted by atomic mass is 10.3. The molecule has 114 valence electrons. The number of nitrogens with zero attached hydrogens (tertiary/aromatic N) is 4. The molecule has 3 N–H and O–H groups in total. The fraction of sp³-hybridized carbons (Fsp3) is 0.500. The molecule has 0 unspecified atom stereocenters. The van der Waals surface area contributed by atoms with Gasteiger partial charge >= 0.3 is 0 Å². The standard InChI is InChI=1S/C14H22N6O/c1-11-14(15)12(2)20(18-11)9-13(21)17-5-3-4-7-19-8-6-16-10-19/h6,8,10H,3-5,7,9,15H2,1-2H3,(H,17,21). The first-order chi connectivity index (χ1) is 10.1. The molecule has 0 fully saturated rings. The molecule has 0 saturated carbocycles. The van der Waals surface area contributed by atoms with Crippen LogP contribution in [0.4, 0.5) is 5.69 Å². The monoisotopic (exact) mass is 290 g/mol. The van der Waals surface area contributed by atoms with Crippen LogP contribution in [0.5, 0.6) is 0 Å². The van der Waals surface area contributed by atoms with Crippen LogP contribution in [0, 0.1) is 13.8 Å². The van der Waals surface area contributed by atoms with Gasteiger partial charge in [-0.1, -0.05) is 0 Å². The van der Waals surface area contributed by atoms with Gasteiger partial charge in [-0.25, -0.2) is 4.98 Å². The molecule has 2 aromatic rings. The third kappa shape index (κ3) is 4.08. The number of aryl methyl sites for hydroxylation is 2. The van der Waals surface area contributed by atoms with Crippen molar-refractivity contribution in [3.63, 3.8) is 0 Å². The van der Waals surface area contributed by atoms with Crippen molar-refractivity contribution in [2.75, 3.05) is 12.3 Å². The average molecular weight is 290 g/mol. The van der Waals surface area contributed by atoms with Gasteiger partial charge in [0.2, 0.25) is 5.91 Å². The van der Waals surface area contributed by atoms with E-state index in [4.69, 9.17) is 5.73 Å². The zero-order valence-corrected chi connectivity index (χ0v) is 12.5. The van der Waals surface area contributed by atoms with Gasteiger partial charge in [-0.2, -0.15) is 5.10 Å². The summed E-state index contributed by atoms with van der Waals surface area (Å²) in [5, 5.41) is 7.15. The number of anilines is 1. The van der Waals surface area contributed by atoms with Gasteiger partial charge in [0.15, 0.2) is 0 Å². The van der Waals surface area contributed by atoms with Crippen molar-refractivity contribution in [2.24, 2.45) is 0 Å². The molecule has 0 spiro atoms. The molecule has 2 heterocycles. The van der Waals surface area contributed by atoms with Crippen LogP contribution in [-0.2, 0) is 17.9 Å². The molecule has 1 amide bonds. The third-order valence-corrected chi connectivity index (χ3v) is 3.46. The number of nitrogens with one attached hydrogen (secondary N) is 1. The number of amides is 1. The van der Waals surface area contributed by atoms with E-state index in [2.05, 4.69) is 15.4 Å². The highest BCUT2D eigenvalue weighted by Crippen LogP contribution is 2.14. The van der Waals surface area contributed by atoms with Crippen molar-refractivity contribution in [3.05, 3.63) is 30.1 Å². The topological polar surface area (TPSA) is 90.8 Å². The molecule has 0 aliphatic rings. The predicted octanol–water partition coefficient (Wildman–Crippen LogP) is 0.875. The maximum Gasteiger partial charge on any atom is 0.241 e. The summed E-state index contributed by atoms with van der Waals surface area (Å²) in [5.41, 5.74) is 8.10. The highest BCUT2D eigenvalue weighted by atomic mass is 16.2. The maximum absolute atomic E-state index is 11.8. The van der Waals surface area contributed by atoms with Gasteiger partial charge in [-0.15, -0.1) is 0 Å². The lowest BCUT2D eigenvalue weighted by Gasteiger charge is -2.07. The number of imidazole rings is 1. The molecule has 0 atom stereocenters. The van der Waals surface area contributed by atoms with E-state index in [1.165, 1.54) is 0 Å². The molecular formula is C14H22N6O. The fourth-order valence-corrected chi connectivity index (χ4v) is 2.12. The summed E-state index contributed by atoms with van der Waals surface area (Å²) in [7, 11) is 0. The van der Waals surface area contributed by atoms with Crippen molar-refractivity contribution in [3.8, 4) is 0 Å². The molecule has 0 radical (unpaired) electrons. The number of nitrogen functional groups attached to an aromatic ring is 1. The smallest absolute Gasteiger partial charge is 0.241 e. The van der Waals surface area contributed by atoms with E-state index in [0.717, 1.165) is 30.8 Å². The predicted molar refractivity (Wildman–Crippen MR) is 80.6 cm³/mol. The lowest BCUT2D eigenvalue weighted by molar-refractivity contribution is -0.121. The molecule has 0 saturated heterocycles. The Kier molecular flexibility index (Phi) is 4.97. The minimum absolute atomic E-state index is 0.0387. The average Bonchev–Trinajstić information content (AvgIpc) is 3.04. The van der Waals surface area contributed by atoms with E-state index < -0.39 is 0 Å². The van der Waals surface area contributed by atoms with Crippen molar-refractivity contribution >= 4 is 11.6 Å². The lowest BCUT2D eigenvalue weighted by Crippen LogP contribution is -2.29. The van der Waals surface area contributed by atoms with E-state index in [9.17, 15) is 4.79 Å². The number of hydrogen-bond acceptors (Lipinski definition) is 4. The van der Waals surface area contributed by atoms with Gasteiger partial charge < -0.3 is 15.6 Å². The second kappa shape index (κ2) is 6.92. The fourth-order valence-electron chi connectivity index (χ4n) is 2.12. The molecule has 0 bridgehead atoms. The summed E-state index contributed by atoms with van der Waals surface area (Å²) >= 11 is 0. The van der Waals surface area contributed by atoms with E-state index in [1.807, 2.05) is 24.6 Å². The molecule has 7 nitrogen and oxygen atoms in total. The van der Waals surface area contributed by atoms with Gasteiger partial charge in [0.1, 0.15) is 6.54 Å². The van der Waals surface area contributed by atoms with Crippen molar-refractivity contribution < 1.29 is 4.79 Å². The molecule has 7 heteroatoms. The molecular weight excluding hydrogens is 268 g/mol. The Hall–Kier alpha value is -2.31. The number of nitrogens with two attached hydrogens (primary N) is 1. The van der Waals surface area contributed by atoms with E-state index in [0.29, 0.717) is 12.2 Å². The first-order valence-electron chi connectivity index (χ1n) is 7.10. The molecule has 21 heavy (non-hydrogen) atoms. The summed E-state index contributed by atoms with van der Waals surface area (Å²) in [5.74, 6) is -0.0387. The van der Waals surface area contributed by atoms with E-state index >= 15 is 0 Å². The van der Waals surface area contributed by atoms with Gasteiger partial charge in [0.25, 0.3) is 0 Å². The number of aromatic nitrogens is 4. The highest BCUT2D eigenvalue weighted by molar-refractivity contribution is 5.75. The summed E-state index contributed by atoms with van der Waals surface area (Å²) in [4.78, 5) is 15.8. The van der Waals surface area contributed by atoms with Crippen LogP contribution in [0.2, 0.25) is 0 Å². The van der Waals surface area contributed by atoms with E-state index in [1.54, 1.807) is 17.2 Å².